The minimum Gasteiger partial charge on any atom is -0.508 e. The van der Waals surface area contributed by atoms with Gasteiger partial charge in [-0.05, 0) is 23.8 Å². The Hall–Kier alpha value is -2.37. The van der Waals surface area contributed by atoms with Gasteiger partial charge in [0.2, 0.25) is 0 Å². The molecule has 0 fully saturated rings. The first-order valence-corrected chi connectivity index (χ1v) is 4.81. The zero-order chi connectivity index (χ0) is 12.7. The summed E-state index contributed by atoms with van der Waals surface area (Å²) in [7, 11) is 0. The van der Waals surface area contributed by atoms with Gasteiger partial charge in [0.1, 0.15) is 12.4 Å². The zero-order valence-electron chi connectivity index (χ0n) is 8.91. The van der Waals surface area contributed by atoms with Gasteiger partial charge in [0.25, 0.3) is 6.54 Å². The van der Waals surface area contributed by atoms with Crippen LogP contribution in [0.4, 0.5) is 0 Å². The molecule has 0 amide bonds. The monoisotopic (exact) mass is 237 g/mol. The summed E-state index contributed by atoms with van der Waals surface area (Å²) in [4.78, 5) is 20.0. The molecule has 0 aromatic heterocycles. The molecule has 1 rings (SSSR count). The molecule has 0 atom stereocenters. The Balaban J connectivity index is 2.36. The maximum absolute atomic E-state index is 10.8. The number of aromatic hydroxyl groups is 1. The number of carbonyl (C=O) groups excluding carboxylic acids is 1. The molecule has 90 valence electrons. The molecule has 0 unspecified atom stereocenters. The average Bonchev–Trinajstić information content (AvgIpc) is 2.23. The van der Waals surface area contributed by atoms with Crippen molar-refractivity contribution >= 4 is 12.0 Å². The van der Waals surface area contributed by atoms with E-state index in [0.717, 1.165) is 5.56 Å². The van der Waals surface area contributed by atoms with Crippen molar-refractivity contribution in [1.82, 2.24) is 0 Å². The fourth-order valence-electron chi connectivity index (χ4n) is 1.10. The first kappa shape index (κ1) is 12.7. The van der Waals surface area contributed by atoms with Crippen LogP contribution < -0.4 is 0 Å². The molecular weight excluding hydrogens is 226 g/mol. The van der Waals surface area contributed by atoms with Crippen LogP contribution in [0.5, 0.6) is 5.75 Å². The first-order chi connectivity index (χ1) is 8.08. The Morgan fingerprint density at radius 2 is 2.29 bits per heavy atom. The Labute approximate surface area is 97.3 Å². The van der Waals surface area contributed by atoms with Crippen molar-refractivity contribution in [3.8, 4) is 5.75 Å². The van der Waals surface area contributed by atoms with Crippen molar-refractivity contribution < 1.29 is 19.6 Å². The molecule has 17 heavy (non-hydrogen) atoms. The van der Waals surface area contributed by atoms with Gasteiger partial charge in [0.05, 0.1) is 0 Å². The minimum absolute atomic E-state index is 0.0394. The number of rotatable bonds is 5. The number of nitro groups is 1. The van der Waals surface area contributed by atoms with Gasteiger partial charge in [-0.1, -0.05) is 18.2 Å². The molecule has 1 aromatic carbocycles. The number of hydrogen-bond acceptors (Lipinski definition) is 5. The maximum Gasteiger partial charge on any atom is 0.378 e. The third-order valence-corrected chi connectivity index (χ3v) is 1.78. The summed E-state index contributed by atoms with van der Waals surface area (Å²) in [5.41, 5.74) is 0.746. The van der Waals surface area contributed by atoms with Gasteiger partial charge in [-0.2, -0.15) is 0 Å². The highest BCUT2D eigenvalue weighted by Gasteiger charge is 2.08. The van der Waals surface area contributed by atoms with Crippen molar-refractivity contribution in [3.05, 3.63) is 46.0 Å². The van der Waals surface area contributed by atoms with Gasteiger partial charge in [0.15, 0.2) is 0 Å². The number of phenols is 1. The topological polar surface area (TPSA) is 89.7 Å². The molecule has 1 aromatic rings. The van der Waals surface area contributed by atoms with Gasteiger partial charge in [-0.25, -0.2) is 4.79 Å². The molecule has 0 radical (unpaired) electrons. The van der Waals surface area contributed by atoms with E-state index < -0.39 is 17.4 Å². The standard InChI is InChI=1S/C11H11NO5/c13-10-5-1-3-9(7-10)4-2-6-17-11(14)8-12(15)16/h1-5,7,13H,6,8H2/b4-2+. The molecule has 1 N–H and O–H groups in total. The van der Waals surface area contributed by atoms with E-state index in [1.165, 1.54) is 18.2 Å². The number of benzene rings is 1. The van der Waals surface area contributed by atoms with E-state index in [2.05, 4.69) is 4.74 Å². The van der Waals surface area contributed by atoms with E-state index in [4.69, 9.17) is 5.11 Å². The highest BCUT2D eigenvalue weighted by molar-refractivity contribution is 5.70. The van der Waals surface area contributed by atoms with E-state index in [0.29, 0.717) is 0 Å². The highest BCUT2D eigenvalue weighted by Crippen LogP contribution is 2.11. The van der Waals surface area contributed by atoms with Crippen LogP contribution in [0.25, 0.3) is 6.08 Å². The molecule has 6 nitrogen and oxygen atoms in total. The summed E-state index contributed by atoms with van der Waals surface area (Å²) < 4.78 is 4.57. The lowest BCUT2D eigenvalue weighted by Crippen LogP contribution is -2.16. The Kier molecular flexibility index (Phi) is 4.68. The number of carbonyl (C=O) groups is 1. The fraction of sp³-hybridized carbons (Fsp3) is 0.182. The van der Waals surface area contributed by atoms with Gasteiger partial charge in [-0.3, -0.25) is 10.1 Å². The normalized spacial score (nSPS) is 10.4. The molecule has 6 heteroatoms. The van der Waals surface area contributed by atoms with E-state index in [1.807, 2.05) is 0 Å². The summed E-state index contributed by atoms with van der Waals surface area (Å²) in [6.45, 7) is -0.873. The molecule has 0 spiro atoms. The van der Waals surface area contributed by atoms with Crippen LogP contribution in [0.1, 0.15) is 5.56 Å². The van der Waals surface area contributed by atoms with Crippen molar-refractivity contribution in [1.29, 1.82) is 0 Å². The van der Waals surface area contributed by atoms with Crippen LogP contribution in [-0.2, 0) is 9.53 Å². The van der Waals surface area contributed by atoms with E-state index in [1.54, 1.807) is 18.2 Å². The largest absolute Gasteiger partial charge is 0.508 e. The van der Waals surface area contributed by atoms with Gasteiger partial charge in [0, 0.05) is 4.92 Å². The van der Waals surface area contributed by atoms with E-state index in [-0.39, 0.29) is 12.4 Å². The van der Waals surface area contributed by atoms with Crippen molar-refractivity contribution in [2.75, 3.05) is 13.2 Å². The van der Waals surface area contributed by atoms with Crippen molar-refractivity contribution in [3.63, 3.8) is 0 Å². The molecule has 0 aliphatic rings. The predicted octanol–water partition coefficient (Wildman–Crippen LogP) is 1.23. The smallest absolute Gasteiger partial charge is 0.378 e. The Morgan fingerprint density at radius 1 is 1.53 bits per heavy atom. The van der Waals surface area contributed by atoms with Crippen LogP contribution >= 0.6 is 0 Å². The van der Waals surface area contributed by atoms with Crippen molar-refractivity contribution in [2.24, 2.45) is 0 Å². The first-order valence-electron chi connectivity index (χ1n) is 4.81. The van der Waals surface area contributed by atoms with Crippen LogP contribution in [-0.4, -0.2) is 29.2 Å². The second-order valence-electron chi connectivity index (χ2n) is 3.17. The fourth-order valence-corrected chi connectivity index (χ4v) is 1.10. The molecule has 0 bridgehead atoms. The van der Waals surface area contributed by atoms with Crippen LogP contribution in [0, 0.1) is 10.1 Å². The van der Waals surface area contributed by atoms with Crippen molar-refractivity contribution in [2.45, 2.75) is 0 Å². The quantitative estimate of drug-likeness (QED) is 0.472. The third kappa shape index (κ3) is 5.31. The molecule has 0 aliphatic carbocycles. The van der Waals surface area contributed by atoms with Crippen LogP contribution in [0.2, 0.25) is 0 Å². The molecule has 0 aliphatic heterocycles. The number of phenolic OH excluding ortho intramolecular Hbond substituents is 1. The molecule has 0 saturated heterocycles. The number of hydrogen-bond donors (Lipinski definition) is 1. The van der Waals surface area contributed by atoms with E-state index in [9.17, 15) is 14.9 Å². The summed E-state index contributed by atoms with van der Waals surface area (Å²) in [5.74, 6) is -0.743. The SMILES string of the molecule is O=C(C[N+](=O)[O-])OC/C=C/c1cccc(O)c1. The summed E-state index contributed by atoms with van der Waals surface area (Å²) in [5, 5.41) is 19.1. The minimum atomic E-state index is -0.879. The number of esters is 1. The van der Waals surface area contributed by atoms with Crippen LogP contribution in [0.15, 0.2) is 30.3 Å². The zero-order valence-corrected chi connectivity index (χ0v) is 8.91. The van der Waals surface area contributed by atoms with Crippen LogP contribution in [0.3, 0.4) is 0 Å². The second-order valence-corrected chi connectivity index (χ2v) is 3.17. The summed E-state index contributed by atoms with van der Waals surface area (Å²) in [6.07, 6.45) is 3.17. The Morgan fingerprint density at radius 3 is 2.94 bits per heavy atom. The number of nitrogens with zero attached hydrogens (tertiary/aromatic N) is 1. The molecular formula is C11H11NO5. The summed E-state index contributed by atoms with van der Waals surface area (Å²) >= 11 is 0. The second kappa shape index (κ2) is 6.26. The lowest BCUT2D eigenvalue weighted by atomic mass is 10.2. The van der Waals surface area contributed by atoms with Gasteiger partial charge >= 0.3 is 5.97 Å². The summed E-state index contributed by atoms with van der Waals surface area (Å²) in [6, 6.07) is 6.51. The molecule has 0 heterocycles. The lowest BCUT2D eigenvalue weighted by molar-refractivity contribution is -0.470. The molecule has 0 saturated carbocycles. The van der Waals surface area contributed by atoms with E-state index >= 15 is 0 Å². The third-order valence-electron chi connectivity index (χ3n) is 1.78. The number of ether oxygens (including phenoxy) is 1. The maximum atomic E-state index is 10.8. The lowest BCUT2D eigenvalue weighted by Gasteiger charge is -1.97. The average molecular weight is 237 g/mol. The Bertz CT molecular complexity index is 441. The highest BCUT2D eigenvalue weighted by atomic mass is 16.6. The predicted molar refractivity (Wildman–Crippen MR) is 60.0 cm³/mol. The van der Waals surface area contributed by atoms with Gasteiger partial charge in [-0.15, -0.1) is 0 Å². The van der Waals surface area contributed by atoms with Gasteiger partial charge < -0.3 is 9.84 Å².